The minimum atomic E-state index is -0.235. The lowest BCUT2D eigenvalue weighted by atomic mass is 9.52. The van der Waals surface area contributed by atoms with Crippen molar-refractivity contribution in [2.24, 2.45) is 29.1 Å². The number of allylic oxidation sites excluding steroid dienone is 1. The fraction of sp³-hybridized carbons (Fsp3) is 0.826. The number of carbonyl (C=O) groups excluding carboxylic acids is 2. The molecule has 8 unspecified atom stereocenters. The molecule has 2 bridgehead atoms. The molecule has 4 aliphatic rings. The van der Waals surface area contributed by atoms with Crippen LogP contribution >= 0.6 is 0 Å². The number of ether oxygens (including phenoxy) is 3. The molecule has 2 aliphatic heterocycles. The van der Waals surface area contributed by atoms with Crippen molar-refractivity contribution in [3.8, 4) is 0 Å². The molecule has 0 aromatic rings. The van der Waals surface area contributed by atoms with Crippen LogP contribution in [0.15, 0.2) is 11.8 Å². The Morgan fingerprint density at radius 1 is 1.00 bits per heavy atom. The first kappa shape index (κ1) is 19.8. The molecule has 1 saturated heterocycles. The standard InChI is InChI=1S/C23H34O5/c1-13-19-12-16(26-14(2)24)8-11-23(5,28-19)18-9-10-22(4)17(21(13)18)6-7-20(22)27-15(3)25/h12-13,16-18,20-21H,6-11H2,1-5H3. The molecule has 0 spiro atoms. The quantitative estimate of drug-likeness (QED) is 0.654. The Morgan fingerprint density at radius 2 is 1.71 bits per heavy atom. The first-order valence-corrected chi connectivity index (χ1v) is 10.9. The molecule has 8 atom stereocenters. The first-order valence-electron chi connectivity index (χ1n) is 10.9. The summed E-state index contributed by atoms with van der Waals surface area (Å²) in [6, 6.07) is 0. The van der Waals surface area contributed by atoms with Gasteiger partial charge in [0.25, 0.3) is 0 Å². The van der Waals surface area contributed by atoms with Crippen LogP contribution in [-0.4, -0.2) is 29.7 Å². The minimum absolute atomic E-state index is 0.0311. The summed E-state index contributed by atoms with van der Waals surface area (Å²) < 4.78 is 17.9. The van der Waals surface area contributed by atoms with Gasteiger partial charge >= 0.3 is 11.9 Å². The second kappa shape index (κ2) is 6.77. The van der Waals surface area contributed by atoms with Gasteiger partial charge in [-0.1, -0.05) is 13.8 Å². The number of carbonyl (C=O) groups is 2. The van der Waals surface area contributed by atoms with Gasteiger partial charge in [0, 0.05) is 31.1 Å². The molecule has 3 fully saturated rings. The Kier molecular flexibility index (Phi) is 4.79. The fourth-order valence-electron chi connectivity index (χ4n) is 7.00. The third-order valence-electron chi connectivity index (χ3n) is 8.31. The van der Waals surface area contributed by atoms with Crippen molar-refractivity contribution >= 4 is 11.9 Å². The number of fused-ring (bicyclic) bond motifs is 6. The Hall–Kier alpha value is -1.52. The molecule has 0 N–H and O–H groups in total. The molecule has 5 heteroatoms. The van der Waals surface area contributed by atoms with E-state index in [4.69, 9.17) is 14.2 Å². The summed E-state index contributed by atoms with van der Waals surface area (Å²) in [6.45, 7) is 9.85. The number of hydrogen-bond donors (Lipinski definition) is 0. The zero-order chi connectivity index (χ0) is 20.3. The van der Waals surface area contributed by atoms with Gasteiger partial charge in [-0.25, -0.2) is 0 Å². The number of rotatable bonds is 2. The van der Waals surface area contributed by atoms with Gasteiger partial charge in [0.15, 0.2) is 0 Å². The van der Waals surface area contributed by atoms with Crippen LogP contribution in [0.25, 0.3) is 0 Å². The highest BCUT2D eigenvalue weighted by atomic mass is 16.6. The van der Waals surface area contributed by atoms with Gasteiger partial charge < -0.3 is 14.2 Å². The molecule has 5 nitrogen and oxygen atoms in total. The zero-order valence-corrected chi connectivity index (χ0v) is 17.8. The third-order valence-corrected chi connectivity index (χ3v) is 8.31. The highest BCUT2D eigenvalue weighted by molar-refractivity contribution is 5.66. The molecule has 28 heavy (non-hydrogen) atoms. The zero-order valence-electron chi connectivity index (χ0n) is 17.8. The fourth-order valence-corrected chi connectivity index (χ4v) is 7.00. The Bertz CT molecular complexity index is 699. The van der Waals surface area contributed by atoms with E-state index in [2.05, 4.69) is 26.8 Å². The van der Waals surface area contributed by atoms with Crippen LogP contribution in [0.4, 0.5) is 0 Å². The maximum atomic E-state index is 11.7. The average Bonchev–Trinajstić information content (AvgIpc) is 2.83. The maximum absolute atomic E-state index is 11.7. The summed E-state index contributed by atoms with van der Waals surface area (Å²) in [7, 11) is 0. The summed E-state index contributed by atoms with van der Waals surface area (Å²) in [5, 5.41) is 0. The Morgan fingerprint density at radius 3 is 2.39 bits per heavy atom. The van der Waals surface area contributed by atoms with Gasteiger partial charge in [0.1, 0.15) is 17.8 Å². The number of esters is 2. The van der Waals surface area contributed by atoms with E-state index in [1.165, 1.54) is 13.8 Å². The average molecular weight is 391 g/mol. The normalized spacial score (nSPS) is 47.0. The van der Waals surface area contributed by atoms with Crippen LogP contribution in [0.3, 0.4) is 0 Å². The van der Waals surface area contributed by atoms with Crippen LogP contribution in [0.2, 0.25) is 0 Å². The van der Waals surface area contributed by atoms with Crippen molar-refractivity contribution in [2.75, 3.05) is 0 Å². The van der Waals surface area contributed by atoms with Crippen molar-refractivity contribution in [3.05, 3.63) is 11.8 Å². The predicted octanol–water partition coefficient (Wildman–Crippen LogP) is 4.40. The topological polar surface area (TPSA) is 61.8 Å². The summed E-state index contributed by atoms with van der Waals surface area (Å²) in [6.07, 6.45) is 7.85. The van der Waals surface area contributed by atoms with Gasteiger partial charge in [-0.2, -0.15) is 0 Å². The molecule has 156 valence electrons. The van der Waals surface area contributed by atoms with Crippen molar-refractivity contribution < 1.29 is 23.8 Å². The third kappa shape index (κ3) is 3.05. The molecule has 0 radical (unpaired) electrons. The summed E-state index contributed by atoms with van der Waals surface area (Å²) in [5.41, 5.74) is -0.160. The van der Waals surface area contributed by atoms with E-state index in [0.29, 0.717) is 17.8 Å². The van der Waals surface area contributed by atoms with E-state index in [1.54, 1.807) is 0 Å². The van der Waals surface area contributed by atoms with E-state index in [1.807, 2.05) is 0 Å². The van der Waals surface area contributed by atoms with E-state index >= 15 is 0 Å². The van der Waals surface area contributed by atoms with Crippen LogP contribution in [-0.2, 0) is 23.8 Å². The van der Waals surface area contributed by atoms with E-state index in [0.717, 1.165) is 44.3 Å². The molecule has 0 amide bonds. The number of hydrogen-bond acceptors (Lipinski definition) is 5. The monoisotopic (exact) mass is 390 g/mol. The smallest absolute Gasteiger partial charge is 0.303 e. The van der Waals surface area contributed by atoms with Crippen LogP contribution in [0.1, 0.15) is 73.1 Å². The summed E-state index contributed by atoms with van der Waals surface area (Å²) in [4.78, 5) is 23.2. The largest absolute Gasteiger partial charge is 0.492 e. The van der Waals surface area contributed by atoms with Crippen LogP contribution in [0.5, 0.6) is 0 Å². The predicted molar refractivity (Wildman–Crippen MR) is 104 cm³/mol. The van der Waals surface area contributed by atoms with Gasteiger partial charge in [-0.15, -0.1) is 0 Å². The minimum Gasteiger partial charge on any atom is -0.492 e. The summed E-state index contributed by atoms with van der Waals surface area (Å²) in [5.74, 6) is 2.41. The van der Waals surface area contributed by atoms with Crippen LogP contribution in [0, 0.1) is 29.1 Å². The van der Waals surface area contributed by atoms with Gasteiger partial charge in [0.05, 0.1) is 5.76 Å². The highest BCUT2D eigenvalue weighted by Crippen LogP contribution is 2.64. The molecule has 2 saturated carbocycles. The lowest BCUT2D eigenvalue weighted by molar-refractivity contribution is -0.178. The Labute approximate surface area is 168 Å². The second-order valence-electron chi connectivity index (χ2n) is 9.97. The maximum Gasteiger partial charge on any atom is 0.303 e. The SMILES string of the molecule is CC(=O)OC1C=C2OC(C)(CC1)C1CCC3(C)C(OC(C)=O)CCC3C1C2C. The van der Waals surface area contributed by atoms with Crippen molar-refractivity contribution in [1.29, 1.82) is 0 Å². The Balaban J connectivity index is 1.66. The molecule has 2 aliphatic carbocycles. The molecule has 2 heterocycles. The molecule has 4 rings (SSSR count). The van der Waals surface area contributed by atoms with Gasteiger partial charge in [-0.3, -0.25) is 9.59 Å². The van der Waals surface area contributed by atoms with E-state index in [-0.39, 0.29) is 41.1 Å². The molecular weight excluding hydrogens is 356 g/mol. The lowest BCUT2D eigenvalue weighted by Crippen LogP contribution is -2.56. The summed E-state index contributed by atoms with van der Waals surface area (Å²) >= 11 is 0. The van der Waals surface area contributed by atoms with Crippen molar-refractivity contribution in [3.63, 3.8) is 0 Å². The molecule has 0 aromatic heterocycles. The lowest BCUT2D eigenvalue weighted by Gasteiger charge is -2.58. The van der Waals surface area contributed by atoms with Crippen LogP contribution < -0.4 is 0 Å². The van der Waals surface area contributed by atoms with E-state index < -0.39 is 0 Å². The molecule has 0 aromatic carbocycles. The highest BCUT2D eigenvalue weighted by Gasteiger charge is 2.62. The second-order valence-corrected chi connectivity index (χ2v) is 9.97. The van der Waals surface area contributed by atoms with Gasteiger partial charge in [0.2, 0.25) is 0 Å². The van der Waals surface area contributed by atoms with E-state index in [9.17, 15) is 9.59 Å². The van der Waals surface area contributed by atoms with Crippen molar-refractivity contribution in [1.82, 2.24) is 0 Å². The molecular formula is C23H34O5. The van der Waals surface area contributed by atoms with Crippen molar-refractivity contribution in [2.45, 2.75) is 91.0 Å². The van der Waals surface area contributed by atoms with Gasteiger partial charge in [-0.05, 0) is 63.4 Å². The first-order chi connectivity index (χ1) is 13.1.